The number of hydrogen-bond acceptors (Lipinski definition) is 2. The average Bonchev–Trinajstić information content (AvgIpc) is 1.82. The Kier molecular flexibility index (Phi) is 5.74. The molecule has 1 aliphatic rings. The summed E-state index contributed by atoms with van der Waals surface area (Å²) in [4.78, 5) is 0. The summed E-state index contributed by atoms with van der Waals surface area (Å²) in [5.74, 6) is 0. The largest absolute Gasteiger partial charge is 1.00 e. The predicted molar refractivity (Wildman–Crippen MR) is 48.1 cm³/mol. The van der Waals surface area contributed by atoms with Crippen molar-refractivity contribution in [2.75, 3.05) is 40.9 Å². The van der Waals surface area contributed by atoms with Gasteiger partial charge in [-0.1, -0.05) is 0 Å². The number of halogens is 1. The molecule has 1 saturated heterocycles. The van der Waals surface area contributed by atoms with Gasteiger partial charge in [-0.25, -0.2) is 0 Å². The fourth-order valence-electron chi connectivity index (χ4n) is 1.48. The maximum absolute atomic E-state index is 5.72. The lowest BCUT2D eigenvalue weighted by molar-refractivity contribution is -0.874. The Labute approximate surface area is 98.0 Å². The van der Waals surface area contributed by atoms with Crippen LogP contribution in [0.4, 0.5) is 0 Å². The molecule has 2 atom stereocenters. The van der Waals surface area contributed by atoms with Crippen molar-refractivity contribution in [3.05, 3.63) is 0 Å². The summed E-state index contributed by atoms with van der Waals surface area (Å²) >= 11 is 0. The molecule has 0 saturated carbocycles. The van der Waals surface area contributed by atoms with E-state index in [4.69, 9.17) is 9.47 Å². The maximum Gasteiger partial charge on any atom is 0.130 e. The molecule has 0 radical (unpaired) electrons. The van der Waals surface area contributed by atoms with E-state index in [9.17, 15) is 0 Å². The Hall–Kier alpha value is 0.610. The highest BCUT2D eigenvalue weighted by Crippen LogP contribution is 2.09. The van der Waals surface area contributed by atoms with E-state index in [1.165, 1.54) is 0 Å². The zero-order valence-electron chi connectivity index (χ0n) is 8.92. The van der Waals surface area contributed by atoms with Gasteiger partial charge in [0.15, 0.2) is 0 Å². The molecule has 0 spiro atoms. The van der Waals surface area contributed by atoms with Crippen LogP contribution >= 0.6 is 0 Å². The fourth-order valence-corrected chi connectivity index (χ4v) is 1.48. The molecule has 0 aromatic carbocycles. The number of likely N-dealkylation sites (N-methyl/N-ethyl adjacent to an activating group) is 1. The van der Waals surface area contributed by atoms with Crippen LogP contribution in [0.5, 0.6) is 0 Å². The zero-order chi connectivity index (χ0) is 9.19. The van der Waals surface area contributed by atoms with E-state index in [0.717, 1.165) is 24.2 Å². The van der Waals surface area contributed by atoms with E-state index < -0.39 is 0 Å². The lowest BCUT2D eigenvalue weighted by atomic mass is 10.3. The zero-order valence-corrected chi connectivity index (χ0v) is 11.1. The van der Waals surface area contributed by atoms with Gasteiger partial charge in [0.25, 0.3) is 0 Å². The van der Waals surface area contributed by atoms with Crippen LogP contribution in [0.25, 0.3) is 0 Å². The summed E-state index contributed by atoms with van der Waals surface area (Å²) in [5.41, 5.74) is 0. The molecule has 0 N–H and O–H groups in total. The highest BCUT2D eigenvalue weighted by Gasteiger charge is 2.24. The second kappa shape index (κ2) is 5.48. The molecule has 4 heteroatoms. The van der Waals surface area contributed by atoms with Crippen LogP contribution in [0.1, 0.15) is 6.92 Å². The van der Waals surface area contributed by atoms with Crippen LogP contribution in [0.3, 0.4) is 0 Å². The third-order valence-electron chi connectivity index (χ3n) is 1.83. The van der Waals surface area contributed by atoms with Crippen molar-refractivity contribution >= 4 is 0 Å². The lowest BCUT2D eigenvalue weighted by Crippen LogP contribution is -3.00. The number of nitrogens with zero attached hydrogens (tertiary/aromatic N) is 1. The molecule has 1 heterocycles. The van der Waals surface area contributed by atoms with E-state index in [0.29, 0.717) is 0 Å². The summed E-state index contributed by atoms with van der Waals surface area (Å²) in [6.45, 7) is 4.57. The minimum atomic E-state index is 0. The number of hydrogen-bond donors (Lipinski definition) is 0. The third kappa shape index (κ3) is 5.83. The first kappa shape index (κ1) is 13.6. The molecule has 1 fully saturated rings. The molecule has 0 aliphatic carbocycles. The molecule has 2 unspecified atom stereocenters. The molecule has 0 aromatic rings. The van der Waals surface area contributed by atoms with E-state index in [2.05, 4.69) is 28.1 Å². The van der Waals surface area contributed by atoms with Gasteiger partial charge in [0.05, 0.1) is 40.5 Å². The number of ether oxygens (including phenoxy) is 2. The van der Waals surface area contributed by atoms with Gasteiger partial charge >= 0.3 is 0 Å². The Morgan fingerprint density at radius 2 is 1.85 bits per heavy atom. The number of rotatable bonds is 2. The molecule has 1 rings (SSSR count). The topological polar surface area (TPSA) is 18.5 Å². The number of quaternary nitrogens is 1. The molecule has 3 nitrogen and oxygen atoms in total. The van der Waals surface area contributed by atoms with Crippen LogP contribution < -0.4 is 24.0 Å². The molecule has 13 heavy (non-hydrogen) atoms. The van der Waals surface area contributed by atoms with Gasteiger partial charge in [0, 0.05) is 0 Å². The van der Waals surface area contributed by atoms with Crippen molar-refractivity contribution in [3.8, 4) is 0 Å². The highest BCUT2D eigenvalue weighted by atomic mass is 127. The van der Waals surface area contributed by atoms with Gasteiger partial charge in [0.2, 0.25) is 0 Å². The lowest BCUT2D eigenvalue weighted by Gasteiger charge is -2.33. The van der Waals surface area contributed by atoms with Crippen LogP contribution in [0.15, 0.2) is 0 Å². The standard InChI is InChI=1S/C9H20NO2.HI/c1-8-6-11-7-9(12-8)5-10(2,3)4;/h8-9H,5-7H2,1-4H3;1H/q+1;/p-1. The summed E-state index contributed by atoms with van der Waals surface area (Å²) in [6, 6.07) is 0. The molecular formula is C9H20INO2. The van der Waals surface area contributed by atoms with Gasteiger partial charge in [-0.2, -0.15) is 0 Å². The van der Waals surface area contributed by atoms with Crippen LogP contribution in [-0.2, 0) is 9.47 Å². The molecule has 1 aliphatic heterocycles. The first-order valence-corrected chi connectivity index (χ1v) is 4.51. The Balaban J connectivity index is 0.00000144. The normalized spacial score (nSPS) is 29.5. The van der Waals surface area contributed by atoms with Crippen molar-refractivity contribution in [3.63, 3.8) is 0 Å². The quantitative estimate of drug-likeness (QED) is 0.415. The second-order valence-corrected chi connectivity index (χ2v) is 4.58. The highest BCUT2D eigenvalue weighted by molar-refractivity contribution is 4.64. The van der Waals surface area contributed by atoms with Crippen molar-refractivity contribution in [1.29, 1.82) is 0 Å². The van der Waals surface area contributed by atoms with E-state index >= 15 is 0 Å². The first-order valence-electron chi connectivity index (χ1n) is 4.51. The smallest absolute Gasteiger partial charge is 0.130 e. The van der Waals surface area contributed by atoms with E-state index in [-0.39, 0.29) is 36.2 Å². The third-order valence-corrected chi connectivity index (χ3v) is 1.83. The Morgan fingerprint density at radius 3 is 2.31 bits per heavy atom. The van der Waals surface area contributed by atoms with Crippen LogP contribution in [0.2, 0.25) is 0 Å². The van der Waals surface area contributed by atoms with E-state index in [1.54, 1.807) is 0 Å². The van der Waals surface area contributed by atoms with Crippen LogP contribution in [0, 0.1) is 0 Å². The molecular weight excluding hydrogens is 281 g/mol. The second-order valence-electron chi connectivity index (χ2n) is 4.58. The van der Waals surface area contributed by atoms with E-state index in [1.807, 2.05) is 0 Å². The summed E-state index contributed by atoms with van der Waals surface area (Å²) in [6.07, 6.45) is 0.532. The SMILES string of the molecule is CC1COCC(C[N+](C)(C)C)O1.[I-]. The van der Waals surface area contributed by atoms with Crippen molar-refractivity contribution < 1.29 is 37.9 Å². The monoisotopic (exact) mass is 301 g/mol. The van der Waals surface area contributed by atoms with Gasteiger partial charge < -0.3 is 37.9 Å². The average molecular weight is 301 g/mol. The molecule has 0 aromatic heterocycles. The summed E-state index contributed by atoms with van der Waals surface area (Å²) in [7, 11) is 6.51. The van der Waals surface area contributed by atoms with Gasteiger partial charge in [0.1, 0.15) is 12.6 Å². The Bertz CT molecular complexity index is 147. The minimum absolute atomic E-state index is 0. The van der Waals surface area contributed by atoms with Gasteiger partial charge in [-0.15, -0.1) is 0 Å². The van der Waals surface area contributed by atoms with Gasteiger partial charge in [-0.05, 0) is 6.92 Å². The first-order chi connectivity index (χ1) is 5.47. The van der Waals surface area contributed by atoms with Gasteiger partial charge in [-0.3, -0.25) is 0 Å². The Morgan fingerprint density at radius 1 is 1.23 bits per heavy atom. The molecule has 80 valence electrons. The summed E-state index contributed by atoms with van der Waals surface area (Å²) < 4.78 is 12.1. The van der Waals surface area contributed by atoms with Crippen molar-refractivity contribution in [1.82, 2.24) is 0 Å². The maximum atomic E-state index is 5.72. The molecule has 0 amide bonds. The fraction of sp³-hybridized carbons (Fsp3) is 1.00. The summed E-state index contributed by atoms with van der Waals surface area (Å²) in [5, 5.41) is 0. The van der Waals surface area contributed by atoms with Crippen molar-refractivity contribution in [2.45, 2.75) is 19.1 Å². The van der Waals surface area contributed by atoms with Crippen molar-refractivity contribution in [2.24, 2.45) is 0 Å². The molecule has 0 bridgehead atoms. The predicted octanol–water partition coefficient (Wildman–Crippen LogP) is -2.50. The van der Waals surface area contributed by atoms with Crippen LogP contribution in [-0.4, -0.2) is 57.6 Å². The minimum Gasteiger partial charge on any atom is -1.00 e.